The highest BCUT2D eigenvalue weighted by Crippen LogP contribution is 2.25. The molecule has 32 heavy (non-hydrogen) atoms. The van der Waals surface area contributed by atoms with Crippen LogP contribution >= 0.6 is 0 Å². The summed E-state index contributed by atoms with van der Waals surface area (Å²) in [6, 6.07) is 12.9. The van der Waals surface area contributed by atoms with E-state index in [2.05, 4.69) is 10.2 Å². The summed E-state index contributed by atoms with van der Waals surface area (Å²) in [7, 11) is -3.83. The van der Waals surface area contributed by atoms with E-state index in [1.807, 2.05) is 19.1 Å². The zero-order valence-electron chi connectivity index (χ0n) is 18.1. The number of benzene rings is 1. The van der Waals surface area contributed by atoms with Gasteiger partial charge in [-0.1, -0.05) is 30.5 Å². The lowest BCUT2D eigenvalue weighted by molar-refractivity contribution is 0.0894. The average molecular weight is 457 g/mol. The molecule has 1 atom stereocenters. The van der Waals surface area contributed by atoms with Crippen molar-refractivity contribution >= 4 is 15.7 Å². The maximum absolute atomic E-state index is 12.8. The van der Waals surface area contributed by atoms with Gasteiger partial charge in [-0.2, -0.15) is 0 Å². The summed E-state index contributed by atoms with van der Waals surface area (Å²) in [5, 5.41) is 2.64. The average Bonchev–Trinajstić information content (AvgIpc) is 3.43. The van der Waals surface area contributed by atoms with Gasteiger partial charge >= 0.3 is 0 Å². The Morgan fingerprint density at radius 2 is 1.75 bits per heavy atom. The third-order valence-electron chi connectivity index (χ3n) is 5.81. The van der Waals surface area contributed by atoms with Gasteiger partial charge in [-0.05, 0) is 69.3 Å². The Kier molecular flexibility index (Phi) is 6.81. The number of sulfone groups is 1. The lowest BCUT2D eigenvalue weighted by Gasteiger charge is -2.29. The van der Waals surface area contributed by atoms with Gasteiger partial charge in [0.05, 0.1) is 17.2 Å². The van der Waals surface area contributed by atoms with Crippen LogP contribution in [0.4, 0.5) is 0 Å². The van der Waals surface area contributed by atoms with Crippen molar-refractivity contribution in [3.05, 3.63) is 71.9 Å². The standard InChI is InChI=1S/C24H28N2O5S/c1-18-8-10-19(11-9-18)32(28,29)23-13-12-22(31-23)24(27)25-17-20(21-7-6-16-30-21)26-14-4-2-3-5-15-26/h6-13,16,20H,2-5,14-15,17H2,1H3,(H,25,27). The van der Waals surface area contributed by atoms with E-state index in [1.54, 1.807) is 18.4 Å². The third kappa shape index (κ3) is 4.97. The number of nitrogens with zero attached hydrogens (tertiary/aromatic N) is 1. The molecule has 1 N–H and O–H groups in total. The van der Waals surface area contributed by atoms with E-state index < -0.39 is 15.7 Å². The van der Waals surface area contributed by atoms with Gasteiger partial charge in [0, 0.05) is 6.54 Å². The van der Waals surface area contributed by atoms with E-state index >= 15 is 0 Å². The summed E-state index contributed by atoms with van der Waals surface area (Å²) in [6.45, 7) is 4.11. The maximum Gasteiger partial charge on any atom is 0.287 e. The first-order valence-electron chi connectivity index (χ1n) is 10.9. The molecule has 1 aliphatic heterocycles. The van der Waals surface area contributed by atoms with Crippen LogP contribution in [0.2, 0.25) is 0 Å². The van der Waals surface area contributed by atoms with Crippen LogP contribution in [0.3, 0.4) is 0 Å². The molecule has 1 amide bonds. The van der Waals surface area contributed by atoms with Gasteiger partial charge in [0.25, 0.3) is 5.91 Å². The van der Waals surface area contributed by atoms with Crippen molar-refractivity contribution in [2.45, 2.75) is 48.6 Å². The number of carbonyl (C=O) groups excluding carboxylic acids is 1. The largest absolute Gasteiger partial charge is 0.468 e. The zero-order chi connectivity index (χ0) is 22.6. The summed E-state index contributed by atoms with van der Waals surface area (Å²) in [5.41, 5.74) is 0.957. The topological polar surface area (TPSA) is 92.8 Å². The third-order valence-corrected chi connectivity index (χ3v) is 7.45. The van der Waals surface area contributed by atoms with Crippen LogP contribution in [0.25, 0.3) is 0 Å². The minimum absolute atomic E-state index is 0.0373. The van der Waals surface area contributed by atoms with Crippen molar-refractivity contribution < 1.29 is 22.0 Å². The van der Waals surface area contributed by atoms with Crippen LogP contribution in [-0.4, -0.2) is 38.9 Å². The predicted molar refractivity (Wildman–Crippen MR) is 119 cm³/mol. The molecule has 0 aliphatic carbocycles. The molecule has 2 aromatic heterocycles. The van der Waals surface area contributed by atoms with Crippen molar-refractivity contribution in [3.63, 3.8) is 0 Å². The molecule has 1 aromatic carbocycles. The number of likely N-dealkylation sites (tertiary alicyclic amines) is 1. The van der Waals surface area contributed by atoms with Crippen molar-refractivity contribution in [1.29, 1.82) is 0 Å². The first-order chi connectivity index (χ1) is 15.4. The maximum atomic E-state index is 12.8. The van der Waals surface area contributed by atoms with Crippen LogP contribution in [0.15, 0.2) is 73.6 Å². The molecular weight excluding hydrogens is 428 g/mol. The van der Waals surface area contributed by atoms with Gasteiger partial charge in [-0.3, -0.25) is 9.69 Å². The first-order valence-corrected chi connectivity index (χ1v) is 12.4. The highest BCUT2D eigenvalue weighted by atomic mass is 32.2. The summed E-state index contributed by atoms with van der Waals surface area (Å²) in [6.07, 6.45) is 6.28. The first kappa shape index (κ1) is 22.4. The van der Waals surface area contributed by atoms with Crippen molar-refractivity contribution in [1.82, 2.24) is 10.2 Å². The molecule has 1 aliphatic rings. The Hall–Kier alpha value is -2.84. The summed E-state index contributed by atoms with van der Waals surface area (Å²) in [5.74, 6) is 0.306. The fourth-order valence-electron chi connectivity index (χ4n) is 3.99. The van der Waals surface area contributed by atoms with Gasteiger partial charge in [-0.25, -0.2) is 8.42 Å². The molecule has 4 rings (SSSR count). The Morgan fingerprint density at radius 1 is 1.03 bits per heavy atom. The van der Waals surface area contributed by atoms with Gasteiger partial charge in [0.1, 0.15) is 5.76 Å². The number of nitrogens with one attached hydrogen (secondary N) is 1. The van der Waals surface area contributed by atoms with Crippen molar-refractivity contribution in [2.75, 3.05) is 19.6 Å². The van der Waals surface area contributed by atoms with Gasteiger partial charge in [0.2, 0.25) is 14.9 Å². The molecule has 8 heteroatoms. The van der Waals surface area contributed by atoms with E-state index in [0.29, 0.717) is 6.54 Å². The Bertz CT molecular complexity index is 1130. The monoisotopic (exact) mass is 456 g/mol. The zero-order valence-corrected chi connectivity index (χ0v) is 18.9. The number of hydrogen-bond acceptors (Lipinski definition) is 6. The summed E-state index contributed by atoms with van der Waals surface area (Å²) in [4.78, 5) is 15.2. The highest BCUT2D eigenvalue weighted by Gasteiger charge is 2.26. The fourth-order valence-corrected chi connectivity index (χ4v) is 5.17. The number of furan rings is 2. The molecule has 1 fully saturated rings. The van der Waals surface area contributed by atoms with Crippen LogP contribution in [0, 0.1) is 6.92 Å². The van der Waals surface area contributed by atoms with Crippen LogP contribution in [-0.2, 0) is 9.84 Å². The number of hydrogen-bond donors (Lipinski definition) is 1. The molecule has 3 heterocycles. The Labute approximate surface area is 188 Å². The number of rotatable bonds is 7. The molecule has 0 radical (unpaired) electrons. The summed E-state index contributed by atoms with van der Waals surface area (Å²) >= 11 is 0. The number of carbonyl (C=O) groups is 1. The second-order valence-electron chi connectivity index (χ2n) is 8.13. The molecule has 0 bridgehead atoms. The van der Waals surface area contributed by atoms with Crippen molar-refractivity contribution in [2.24, 2.45) is 0 Å². The Balaban J connectivity index is 1.46. The molecule has 1 saturated heterocycles. The van der Waals surface area contributed by atoms with Gasteiger partial charge in [-0.15, -0.1) is 0 Å². The van der Waals surface area contributed by atoms with Gasteiger partial charge < -0.3 is 14.2 Å². The number of aryl methyl sites for hydroxylation is 1. The van der Waals surface area contributed by atoms with Crippen LogP contribution < -0.4 is 5.32 Å². The lowest BCUT2D eigenvalue weighted by Crippen LogP contribution is -2.38. The lowest BCUT2D eigenvalue weighted by atomic mass is 10.1. The second-order valence-corrected chi connectivity index (χ2v) is 10.0. The van der Waals surface area contributed by atoms with E-state index in [9.17, 15) is 13.2 Å². The molecule has 3 aromatic rings. The van der Waals surface area contributed by atoms with E-state index in [1.165, 1.54) is 37.1 Å². The quantitative estimate of drug-likeness (QED) is 0.568. The molecule has 0 saturated carbocycles. The normalized spacial score (nSPS) is 16.4. The highest BCUT2D eigenvalue weighted by molar-refractivity contribution is 7.91. The molecule has 170 valence electrons. The SMILES string of the molecule is Cc1ccc(S(=O)(=O)c2ccc(C(=O)NCC(c3ccco3)N3CCCCCC3)o2)cc1. The smallest absolute Gasteiger partial charge is 0.287 e. The molecule has 7 nitrogen and oxygen atoms in total. The molecular formula is C24H28N2O5S. The summed E-state index contributed by atoms with van der Waals surface area (Å²) < 4.78 is 36.7. The minimum Gasteiger partial charge on any atom is -0.468 e. The Morgan fingerprint density at radius 3 is 2.41 bits per heavy atom. The van der Waals surface area contributed by atoms with Crippen molar-refractivity contribution in [3.8, 4) is 0 Å². The van der Waals surface area contributed by atoms with Gasteiger partial charge in [0.15, 0.2) is 5.76 Å². The van der Waals surface area contributed by atoms with Crippen LogP contribution in [0.1, 0.15) is 53.6 Å². The molecule has 1 unspecified atom stereocenters. The van der Waals surface area contributed by atoms with E-state index in [-0.39, 0.29) is 21.8 Å². The van der Waals surface area contributed by atoms with Crippen LogP contribution in [0.5, 0.6) is 0 Å². The minimum atomic E-state index is -3.83. The second kappa shape index (κ2) is 9.75. The number of amides is 1. The fraction of sp³-hybridized carbons (Fsp3) is 0.375. The van der Waals surface area contributed by atoms with E-state index in [0.717, 1.165) is 37.3 Å². The predicted octanol–water partition coefficient (Wildman–Crippen LogP) is 4.36. The molecule has 0 spiro atoms. The van der Waals surface area contributed by atoms with E-state index in [4.69, 9.17) is 8.83 Å².